The van der Waals surface area contributed by atoms with E-state index >= 15 is 0 Å². The van der Waals surface area contributed by atoms with Gasteiger partial charge in [-0.1, -0.05) is 74.7 Å². The van der Waals surface area contributed by atoms with Crippen molar-refractivity contribution in [3.05, 3.63) is 78.4 Å². The number of rotatable bonds is 8. The highest BCUT2D eigenvalue weighted by molar-refractivity contribution is 5.71. The summed E-state index contributed by atoms with van der Waals surface area (Å²) in [6.07, 6.45) is 4.88. The molecule has 0 fully saturated rings. The van der Waals surface area contributed by atoms with E-state index in [1.807, 2.05) is 36.4 Å². The Morgan fingerprint density at radius 2 is 1.15 bits per heavy atom. The van der Waals surface area contributed by atoms with Crippen molar-refractivity contribution >= 4 is 0 Å². The summed E-state index contributed by atoms with van der Waals surface area (Å²) < 4.78 is 5.82. The van der Waals surface area contributed by atoms with Gasteiger partial charge in [0.1, 0.15) is 5.75 Å². The first-order chi connectivity index (χ1) is 13.3. The molecule has 2 heteroatoms. The minimum atomic E-state index is 0.683. The third-order valence-corrected chi connectivity index (χ3v) is 4.69. The number of ether oxygens (including phenoxy) is 1. The Bertz CT molecular complexity index is 872. The maximum atomic E-state index is 8.90. The second-order valence-corrected chi connectivity index (χ2v) is 6.70. The van der Waals surface area contributed by atoms with E-state index in [1.165, 1.54) is 30.4 Å². The van der Waals surface area contributed by atoms with E-state index in [0.717, 1.165) is 29.9 Å². The molecular weight excluding hydrogens is 330 g/mol. The van der Waals surface area contributed by atoms with Crippen molar-refractivity contribution in [2.75, 3.05) is 6.61 Å². The maximum absolute atomic E-state index is 8.90. The third-order valence-electron chi connectivity index (χ3n) is 4.69. The molecule has 0 N–H and O–H groups in total. The average molecular weight is 355 g/mol. The van der Waals surface area contributed by atoms with Crippen molar-refractivity contribution in [2.45, 2.75) is 32.6 Å². The van der Waals surface area contributed by atoms with Gasteiger partial charge in [-0.25, -0.2) is 0 Å². The van der Waals surface area contributed by atoms with Crippen molar-refractivity contribution in [3.63, 3.8) is 0 Å². The van der Waals surface area contributed by atoms with Gasteiger partial charge in [-0.3, -0.25) is 0 Å². The molecule has 0 unspecified atom stereocenters. The lowest BCUT2D eigenvalue weighted by molar-refractivity contribution is 0.305. The summed E-state index contributed by atoms with van der Waals surface area (Å²) in [5, 5.41) is 8.90. The highest BCUT2D eigenvalue weighted by Gasteiger charge is 2.02. The molecule has 0 heterocycles. The van der Waals surface area contributed by atoms with Gasteiger partial charge in [0.2, 0.25) is 0 Å². The lowest BCUT2D eigenvalue weighted by atomic mass is 10.00. The quantitative estimate of drug-likeness (QED) is 0.414. The molecule has 0 atom stereocenters. The molecule has 0 saturated heterocycles. The molecule has 3 rings (SSSR count). The first kappa shape index (κ1) is 18.7. The van der Waals surface area contributed by atoms with Crippen molar-refractivity contribution < 1.29 is 4.74 Å². The van der Waals surface area contributed by atoms with Crippen LogP contribution in [0.15, 0.2) is 72.8 Å². The van der Waals surface area contributed by atoms with Crippen molar-refractivity contribution in [3.8, 4) is 34.1 Å². The second-order valence-electron chi connectivity index (χ2n) is 6.70. The van der Waals surface area contributed by atoms with Crippen LogP contribution in [-0.2, 0) is 0 Å². The van der Waals surface area contributed by atoms with E-state index in [-0.39, 0.29) is 0 Å². The van der Waals surface area contributed by atoms with E-state index in [9.17, 15) is 0 Å². The summed E-state index contributed by atoms with van der Waals surface area (Å²) in [5.41, 5.74) is 5.31. The van der Waals surface area contributed by atoms with Gasteiger partial charge in [-0.15, -0.1) is 0 Å². The van der Waals surface area contributed by atoms with Crippen LogP contribution in [0.1, 0.15) is 38.2 Å². The van der Waals surface area contributed by atoms with Crippen molar-refractivity contribution in [1.29, 1.82) is 5.26 Å². The standard InChI is InChI=1S/C25H25NO/c1-2-3-4-5-18-27-25-16-14-24(15-17-25)23-12-10-22(11-13-23)21-8-6-20(19-26)7-9-21/h6-17H,2-5,18H2,1H3. The Labute approximate surface area is 162 Å². The van der Waals surface area contributed by atoms with Crippen LogP contribution in [0.4, 0.5) is 0 Å². The summed E-state index contributed by atoms with van der Waals surface area (Å²) in [6, 6.07) is 26.6. The number of nitriles is 1. The Kier molecular flexibility index (Phi) is 6.66. The van der Waals surface area contributed by atoms with Crippen LogP contribution in [0.2, 0.25) is 0 Å². The molecule has 0 saturated carbocycles. The van der Waals surface area contributed by atoms with E-state index in [1.54, 1.807) is 0 Å². The Balaban J connectivity index is 1.62. The number of unbranched alkanes of at least 4 members (excludes halogenated alkanes) is 3. The maximum Gasteiger partial charge on any atom is 0.119 e. The SMILES string of the molecule is CCCCCCOc1ccc(-c2ccc(-c3ccc(C#N)cc3)cc2)cc1. The molecule has 0 radical (unpaired) electrons. The van der Waals surface area contributed by atoms with Crippen LogP contribution in [-0.4, -0.2) is 6.61 Å². The van der Waals surface area contributed by atoms with Crippen LogP contribution >= 0.6 is 0 Å². The molecule has 0 spiro atoms. The molecule has 0 aliphatic rings. The first-order valence-corrected chi connectivity index (χ1v) is 9.64. The fourth-order valence-electron chi connectivity index (χ4n) is 3.05. The minimum absolute atomic E-state index is 0.683. The Morgan fingerprint density at radius 3 is 1.63 bits per heavy atom. The van der Waals surface area contributed by atoms with Gasteiger partial charge < -0.3 is 4.74 Å². The molecule has 3 aromatic rings. The first-order valence-electron chi connectivity index (χ1n) is 9.64. The number of benzene rings is 3. The topological polar surface area (TPSA) is 33.0 Å². The molecule has 0 amide bonds. The van der Waals surface area contributed by atoms with Crippen LogP contribution in [0.3, 0.4) is 0 Å². The van der Waals surface area contributed by atoms with Gasteiger partial charge in [0, 0.05) is 0 Å². The number of hydrogen-bond donors (Lipinski definition) is 0. The van der Waals surface area contributed by atoms with Crippen molar-refractivity contribution in [1.82, 2.24) is 0 Å². The predicted octanol–water partition coefficient (Wildman–Crippen LogP) is 6.85. The molecule has 0 aromatic heterocycles. The Morgan fingerprint density at radius 1 is 0.667 bits per heavy atom. The van der Waals surface area contributed by atoms with Gasteiger partial charge >= 0.3 is 0 Å². The molecule has 136 valence electrons. The van der Waals surface area contributed by atoms with E-state index in [0.29, 0.717) is 5.56 Å². The van der Waals surface area contributed by atoms with Crippen LogP contribution in [0, 0.1) is 11.3 Å². The zero-order valence-corrected chi connectivity index (χ0v) is 15.8. The summed E-state index contributed by atoms with van der Waals surface area (Å²) in [4.78, 5) is 0. The zero-order chi connectivity index (χ0) is 18.9. The third kappa shape index (κ3) is 5.21. The lowest BCUT2D eigenvalue weighted by Crippen LogP contribution is -1.96. The largest absolute Gasteiger partial charge is 0.494 e. The molecule has 0 bridgehead atoms. The van der Waals surface area contributed by atoms with Crippen LogP contribution in [0.5, 0.6) is 5.75 Å². The van der Waals surface area contributed by atoms with Crippen LogP contribution in [0.25, 0.3) is 22.3 Å². The minimum Gasteiger partial charge on any atom is -0.494 e. The molecule has 2 nitrogen and oxygen atoms in total. The van der Waals surface area contributed by atoms with Gasteiger partial charge in [0.15, 0.2) is 0 Å². The Hall–Kier alpha value is -3.05. The fourth-order valence-corrected chi connectivity index (χ4v) is 3.05. The summed E-state index contributed by atoms with van der Waals surface area (Å²) >= 11 is 0. The van der Waals surface area contributed by atoms with E-state index in [4.69, 9.17) is 10.00 Å². The molecular formula is C25H25NO. The van der Waals surface area contributed by atoms with Gasteiger partial charge in [-0.2, -0.15) is 5.26 Å². The summed E-state index contributed by atoms with van der Waals surface area (Å²) in [7, 11) is 0. The van der Waals surface area contributed by atoms with Crippen molar-refractivity contribution in [2.24, 2.45) is 0 Å². The zero-order valence-electron chi connectivity index (χ0n) is 15.8. The molecule has 3 aromatic carbocycles. The lowest BCUT2D eigenvalue weighted by Gasteiger charge is -2.08. The van der Waals surface area contributed by atoms with Crippen LogP contribution < -0.4 is 4.74 Å². The molecule has 0 aliphatic heterocycles. The summed E-state index contributed by atoms with van der Waals surface area (Å²) in [5.74, 6) is 0.935. The molecule has 27 heavy (non-hydrogen) atoms. The van der Waals surface area contributed by atoms with Gasteiger partial charge in [-0.05, 0) is 52.9 Å². The predicted molar refractivity (Wildman–Crippen MR) is 112 cm³/mol. The van der Waals surface area contributed by atoms with Gasteiger partial charge in [0.05, 0.1) is 18.2 Å². The van der Waals surface area contributed by atoms with E-state index < -0.39 is 0 Å². The fraction of sp³-hybridized carbons (Fsp3) is 0.240. The summed E-state index contributed by atoms with van der Waals surface area (Å²) in [6.45, 7) is 3.01. The molecule has 0 aliphatic carbocycles. The average Bonchev–Trinajstić information content (AvgIpc) is 2.74. The highest BCUT2D eigenvalue weighted by Crippen LogP contribution is 2.26. The smallest absolute Gasteiger partial charge is 0.119 e. The second kappa shape index (κ2) is 9.59. The number of hydrogen-bond acceptors (Lipinski definition) is 2. The highest BCUT2D eigenvalue weighted by atomic mass is 16.5. The monoisotopic (exact) mass is 355 g/mol. The van der Waals surface area contributed by atoms with Gasteiger partial charge in [0.25, 0.3) is 0 Å². The number of nitrogens with zero attached hydrogens (tertiary/aromatic N) is 1. The normalized spacial score (nSPS) is 10.4. The van der Waals surface area contributed by atoms with E-state index in [2.05, 4.69) is 49.4 Å².